The van der Waals surface area contributed by atoms with Gasteiger partial charge in [-0.3, -0.25) is 9.59 Å². The number of carbonyl (C=O) groups is 2. The summed E-state index contributed by atoms with van der Waals surface area (Å²) in [4.78, 5) is 31.9. The minimum atomic E-state index is 0.0234. The SMILES string of the molecule is CCc1c(C(=O)N2CCCN(C)CC2)[nH]c(C)c1C(C)=O. The van der Waals surface area contributed by atoms with E-state index < -0.39 is 0 Å². The number of hydrogen-bond donors (Lipinski definition) is 1. The molecule has 5 heteroatoms. The number of aromatic amines is 1. The molecule has 1 amide bonds. The first-order valence-electron chi connectivity index (χ1n) is 7.65. The van der Waals surface area contributed by atoms with E-state index in [-0.39, 0.29) is 11.7 Å². The summed E-state index contributed by atoms with van der Waals surface area (Å²) in [5.74, 6) is 0.0491. The highest BCUT2D eigenvalue weighted by Gasteiger charge is 2.26. The maximum atomic E-state index is 12.8. The molecule has 0 aliphatic carbocycles. The molecule has 0 aromatic carbocycles. The van der Waals surface area contributed by atoms with Crippen LogP contribution in [0.5, 0.6) is 0 Å². The number of H-pyrrole nitrogens is 1. The first-order chi connectivity index (χ1) is 9.95. The summed E-state index contributed by atoms with van der Waals surface area (Å²) in [6.45, 7) is 8.85. The van der Waals surface area contributed by atoms with Crippen molar-refractivity contribution >= 4 is 11.7 Å². The monoisotopic (exact) mass is 291 g/mol. The number of hydrogen-bond acceptors (Lipinski definition) is 3. The molecule has 116 valence electrons. The molecule has 0 bridgehead atoms. The van der Waals surface area contributed by atoms with Gasteiger partial charge in [0.15, 0.2) is 5.78 Å². The third-order valence-electron chi connectivity index (χ3n) is 4.22. The molecule has 1 fully saturated rings. The highest BCUT2D eigenvalue weighted by Crippen LogP contribution is 2.22. The second-order valence-corrected chi connectivity index (χ2v) is 5.84. The molecule has 1 aliphatic rings. The van der Waals surface area contributed by atoms with Gasteiger partial charge in [-0.15, -0.1) is 0 Å². The normalized spacial score (nSPS) is 16.9. The summed E-state index contributed by atoms with van der Waals surface area (Å²) in [6, 6.07) is 0. The number of nitrogens with zero attached hydrogens (tertiary/aromatic N) is 2. The van der Waals surface area contributed by atoms with E-state index in [2.05, 4.69) is 16.9 Å². The largest absolute Gasteiger partial charge is 0.354 e. The van der Waals surface area contributed by atoms with Crippen LogP contribution in [0, 0.1) is 6.92 Å². The number of amides is 1. The van der Waals surface area contributed by atoms with Crippen LogP contribution < -0.4 is 0 Å². The Bertz CT molecular complexity index is 548. The average Bonchev–Trinajstić information content (AvgIpc) is 2.62. The van der Waals surface area contributed by atoms with Crippen LogP contribution >= 0.6 is 0 Å². The summed E-state index contributed by atoms with van der Waals surface area (Å²) >= 11 is 0. The molecule has 1 aromatic heterocycles. The molecule has 0 saturated carbocycles. The number of Topliss-reactive ketones (excluding diaryl/α,β-unsaturated/α-hetero) is 1. The van der Waals surface area contributed by atoms with E-state index in [0.29, 0.717) is 17.7 Å². The van der Waals surface area contributed by atoms with Crippen molar-refractivity contribution < 1.29 is 9.59 Å². The average molecular weight is 291 g/mol. The molecule has 5 nitrogen and oxygen atoms in total. The van der Waals surface area contributed by atoms with E-state index in [9.17, 15) is 9.59 Å². The molecule has 0 radical (unpaired) electrons. The smallest absolute Gasteiger partial charge is 0.270 e. The summed E-state index contributed by atoms with van der Waals surface area (Å²) < 4.78 is 0. The summed E-state index contributed by atoms with van der Waals surface area (Å²) in [7, 11) is 2.08. The topological polar surface area (TPSA) is 56.4 Å². The minimum Gasteiger partial charge on any atom is -0.354 e. The van der Waals surface area contributed by atoms with E-state index in [4.69, 9.17) is 0 Å². The van der Waals surface area contributed by atoms with E-state index in [0.717, 1.165) is 43.9 Å². The van der Waals surface area contributed by atoms with Gasteiger partial charge in [-0.2, -0.15) is 0 Å². The number of nitrogens with one attached hydrogen (secondary N) is 1. The van der Waals surface area contributed by atoms with Crippen LogP contribution in [0.2, 0.25) is 0 Å². The van der Waals surface area contributed by atoms with Crippen LogP contribution in [-0.4, -0.2) is 59.7 Å². The van der Waals surface area contributed by atoms with Crippen molar-refractivity contribution in [2.75, 3.05) is 33.2 Å². The fraction of sp³-hybridized carbons (Fsp3) is 0.625. The van der Waals surface area contributed by atoms with Crippen molar-refractivity contribution in [3.05, 3.63) is 22.5 Å². The fourth-order valence-corrected chi connectivity index (χ4v) is 3.10. The van der Waals surface area contributed by atoms with E-state index >= 15 is 0 Å². The van der Waals surface area contributed by atoms with Gasteiger partial charge in [0.25, 0.3) is 5.91 Å². The molecule has 2 rings (SSSR count). The standard InChI is InChI=1S/C16H25N3O2/c1-5-13-14(12(3)20)11(2)17-15(13)16(21)19-8-6-7-18(4)9-10-19/h17H,5-10H2,1-4H3. The number of ketones is 1. The van der Waals surface area contributed by atoms with E-state index in [1.807, 2.05) is 18.7 Å². The highest BCUT2D eigenvalue weighted by molar-refractivity contribution is 6.02. The van der Waals surface area contributed by atoms with Gasteiger partial charge in [0, 0.05) is 30.9 Å². The molecule has 1 aromatic rings. The highest BCUT2D eigenvalue weighted by atomic mass is 16.2. The molecule has 2 heterocycles. The number of likely N-dealkylation sites (N-methyl/N-ethyl adjacent to an activating group) is 1. The van der Waals surface area contributed by atoms with Gasteiger partial charge in [-0.25, -0.2) is 0 Å². The molecular formula is C16H25N3O2. The van der Waals surface area contributed by atoms with Gasteiger partial charge >= 0.3 is 0 Å². The number of aryl methyl sites for hydroxylation is 1. The Kier molecular flexibility index (Phi) is 4.83. The summed E-state index contributed by atoms with van der Waals surface area (Å²) in [5, 5.41) is 0. The Hall–Kier alpha value is -1.62. The molecule has 1 aliphatic heterocycles. The zero-order valence-corrected chi connectivity index (χ0v) is 13.5. The lowest BCUT2D eigenvalue weighted by Gasteiger charge is -2.20. The lowest BCUT2D eigenvalue weighted by Crippen LogP contribution is -2.35. The first kappa shape index (κ1) is 15.8. The van der Waals surface area contributed by atoms with Gasteiger partial charge in [0.1, 0.15) is 5.69 Å². The van der Waals surface area contributed by atoms with Crippen molar-refractivity contribution in [1.82, 2.24) is 14.8 Å². The van der Waals surface area contributed by atoms with Crippen molar-refractivity contribution in [2.45, 2.75) is 33.6 Å². The quantitative estimate of drug-likeness (QED) is 0.865. The van der Waals surface area contributed by atoms with Crippen LogP contribution in [0.1, 0.15) is 52.4 Å². The Morgan fingerprint density at radius 2 is 1.90 bits per heavy atom. The number of carbonyl (C=O) groups excluding carboxylic acids is 2. The molecule has 21 heavy (non-hydrogen) atoms. The molecular weight excluding hydrogens is 266 g/mol. The molecule has 1 saturated heterocycles. The summed E-state index contributed by atoms with van der Waals surface area (Å²) in [6.07, 6.45) is 1.68. The molecule has 1 N–H and O–H groups in total. The lowest BCUT2D eigenvalue weighted by atomic mass is 10.0. The second-order valence-electron chi connectivity index (χ2n) is 5.84. The first-order valence-corrected chi connectivity index (χ1v) is 7.65. The number of rotatable bonds is 3. The van der Waals surface area contributed by atoms with Crippen LogP contribution in [-0.2, 0) is 6.42 Å². The Labute approximate surface area is 126 Å². The Morgan fingerprint density at radius 3 is 2.52 bits per heavy atom. The maximum absolute atomic E-state index is 12.8. The van der Waals surface area contributed by atoms with Crippen LogP contribution in [0.3, 0.4) is 0 Å². The Balaban J connectivity index is 2.30. The van der Waals surface area contributed by atoms with Crippen LogP contribution in [0.4, 0.5) is 0 Å². The van der Waals surface area contributed by atoms with Crippen molar-refractivity contribution in [1.29, 1.82) is 0 Å². The van der Waals surface area contributed by atoms with Gasteiger partial charge in [-0.05, 0) is 45.8 Å². The second kappa shape index (κ2) is 6.43. The zero-order valence-electron chi connectivity index (χ0n) is 13.5. The van der Waals surface area contributed by atoms with E-state index in [1.54, 1.807) is 6.92 Å². The van der Waals surface area contributed by atoms with Gasteiger partial charge in [0.2, 0.25) is 0 Å². The molecule has 0 atom stereocenters. The van der Waals surface area contributed by atoms with Gasteiger partial charge in [0.05, 0.1) is 0 Å². The predicted molar refractivity (Wildman–Crippen MR) is 82.9 cm³/mol. The van der Waals surface area contributed by atoms with Crippen molar-refractivity contribution in [3.8, 4) is 0 Å². The van der Waals surface area contributed by atoms with E-state index in [1.165, 1.54) is 0 Å². The third-order valence-corrected chi connectivity index (χ3v) is 4.22. The minimum absolute atomic E-state index is 0.0234. The third kappa shape index (κ3) is 3.18. The van der Waals surface area contributed by atoms with Crippen molar-refractivity contribution in [3.63, 3.8) is 0 Å². The van der Waals surface area contributed by atoms with Crippen LogP contribution in [0.25, 0.3) is 0 Å². The Morgan fingerprint density at radius 1 is 1.19 bits per heavy atom. The summed E-state index contributed by atoms with van der Waals surface area (Å²) in [5.41, 5.74) is 2.95. The van der Waals surface area contributed by atoms with Gasteiger partial charge in [-0.1, -0.05) is 6.92 Å². The zero-order chi connectivity index (χ0) is 15.6. The fourth-order valence-electron chi connectivity index (χ4n) is 3.10. The predicted octanol–water partition coefficient (Wildman–Crippen LogP) is 1.87. The lowest BCUT2D eigenvalue weighted by molar-refractivity contribution is 0.0756. The molecule has 0 spiro atoms. The maximum Gasteiger partial charge on any atom is 0.270 e. The number of aromatic nitrogens is 1. The van der Waals surface area contributed by atoms with Crippen molar-refractivity contribution in [2.24, 2.45) is 0 Å². The molecule has 0 unspecified atom stereocenters. The van der Waals surface area contributed by atoms with Gasteiger partial charge < -0.3 is 14.8 Å². The van der Waals surface area contributed by atoms with Crippen LogP contribution in [0.15, 0.2) is 0 Å².